The van der Waals surface area contributed by atoms with Crippen LogP contribution in [0.1, 0.15) is 20.3 Å². The van der Waals surface area contributed by atoms with E-state index in [2.05, 4.69) is 4.99 Å². The number of hydrogen-bond donors (Lipinski definition) is 0. The summed E-state index contributed by atoms with van der Waals surface area (Å²) in [5, 5.41) is 0. The normalized spacial score (nSPS) is 16.6. The zero-order chi connectivity index (χ0) is 12.2. The van der Waals surface area contributed by atoms with Crippen LogP contribution in [-0.4, -0.2) is 30.0 Å². The fourth-order valence-electron chi connectivity index (χ4n) is 1.54. The van der Waals surface area contributed by atoms with E-state index >= 15 is 0 Å². The number of nitrogens with zero attached hydrogens (tertiary/aromatic N) is 2. The second kappa shape index (κ2) is 5.18. The summed E-state index contributed by atoms with van der Waals surface area (Å²) < 4.78 is 37.8. The molecule has 0 aliphatic carbocycles. The highest BCUT2D eigenvalue weighted by atomic mass is 19.4. The zero-order valence-electron chi connectivity index (χ0n) is 9.38. The molecule has 1 heterocycles. The second-order valence-corrected chi connectivity index (χ2v) is 3.43. The third kappa shape index (κ3) is 3.12. The first-order valence-electron chi connectivity index (χ1n) is 5.23. The first-order chi connectivity index (χ1) is 7.49. The summed E-state index contributed by atoms with van der Waals surface area (Å²) in [4.78, 5) is 5.87. The maximum Gasteiger partial charge on any atom is 0.413 e. The Labute approximate surface area is 93.2 Å². The first kappa shape index (κ1) is 12.8. The average Bonchev–Trinajstić information content (AvgIpc) is 2.45. The highest BCUT2D eigenvalue weighted by Crippen LogP contribution is 2.29. The summed E-state index contributed by atoms with van der Waals surface area (Å²) in [5.41, 5.74) is -0.549. The molecule has 0 radical (unpaired) electrons. The molecule has 5 heteroatoms. The molecule has 0 atom stereocenters. The van der Waals surface area contributed by atoms with Crippen LogP contribution < -0.4 is 0 Å². The quantitative estimate of drug-likeness (QED) is 0.714. The number of aliphatic imine (C=N–C) groups is 1. The van der Waals surface area contributed by atoms with Gasteiger partial charge in [0.2, 0.25) is 0 Å². The molecule has 0 N–H and O–H groups in total. The minimum atomic E-state index is -4.28. The van der Waals surface area contributed by atoms with E-state index in [1.807, 2.05) is 18.7 Å². The van der Waals surface area contributed by atoms with Crippen LogP contribution >= 0.6 is 0 Å². The first-order valence-corrected chi connectivity index (χ1v) is 5.23. The molecule has 0 bridgehead atoms. The van der Waals surface area contributed by atoms with Gasteiger partial charge in [-0.25, -0.2) is 4.99 Å². The van der Waals surface area contributed by atoms with Crippen molar-refractivity contribution in [2.24, 2.45) is 4.99 Å². The van der Waals surface area contributed by atoms with Gasteiger partial charge in [-0.2, -0.15) is 13.2 Å². The molecule has 2 nitrogen and oxygen atoms in total. The number of amidine groups is 1. The molecular weight excluding hydrogens is 217 g/mol. The van der Waals surface area contributed by atoms with Gasteiger partial charge in [0.15, 0.2) is 0 Å². The summed E-state index contributed by atoms with van der Waals surface area (Å²) in [6.45, 7) is 5.12. The highest BCUT2D eigenvalue weighted by Gasteiger charge is 2.34. The Bertz CT molecular complexity index is 323. The van der Waals surface area contributed by atoms with Crippen LogP contribution in [0, 0.1) is 0 Å². The van der Waals surface area contributed by atoms with Crippen molar-refractivity contribution in [1.29, 1.82) is 0 Å². The largest absolute Gasteiger partial charge is 0.413 e. The van der Waals surface area contributed by atoms with Gasteiger partial charge >= 0.3 is 6.18 Å². The predicted molar refractivity (Wildman–Crippen MR) is 58.3 cm³/mol. The number of allylic oxidation sites excluding steroid dienone is 2. The van der Waals surface area contributed by atoms with E-state index in [1.165, 1.54) is 12.3 Å². The summed E-state index contributed by atoms with van der Waals surface area (Å²) in [5.74, 6) is 0.474. The van der Waals surface area contributed by atoms with Crippen molar-refractivity contribution in [2.75, 3.05) is 13.1 Å². The summed E-state index contributed by atoms with van der Waals surface area (Å²) in [7, 11) is 0. The summed E-state index contributed by atoms with van der Waals surface area (Å²) in [6, 6.07) is 0. The molecule has 90 valence electrons. The minimum absolute atomic E-state index is 0.155. The molecule has 0 saturated heterocycles. The molecular formula is C11H15F3N2. The molecule has 16 heavy (non-hydrogen) atoms. The monoisotopic (exact) mass is 232 g/mol. The van der Waals surface area contributed by atoms with Crippen molar-refractivity contribution in [2.45, 2.75) is 26.4 Å². The third-order valence-electron chi connectivity index (χ3n) is 2.45. The van der Waals surface area contributed by atoms with Crippen molar-refractivity contribution in [3.63, 3.8) is 0 Å². The van der Waals surface area contributed by atoms with Gasteiger partial charge < -0.3 is 4.90 Å². The Kier molecular flexibility index (Phi) is 4.15. The Morgan fingerprint density at radius 2 is 1.94 bits per heavy atom. The van der Waals surface area contributed by atoms with Gasteiger partial charge in [0.05, 0.1) is 0 Å². The van der Waals surface area contributed by atoms with Crippen molar-refractivity contribution in [1.82, 2.24) is 4.90 Å². The van der Waals surface area contributed by atoms with Gasteiger partial charge in [-0.3, -0.25) is 0 Å². The molecule has 0 amide bonds. The van der Waals surface area contributed by atoms with Crippen molar-refractivity contribution in [3.05, 3.63) is 23.9 Å². The van der Waals surface area contributed by atoms with E-state index in [0.717, 1.165) is 6.08 Å². The van der Waals surface area contributed by atoms with Crippen LogP contribution in [0.2, 0.25) is 0 Å². The van der Waals surface area contributed by atoms with Crippen LogP contribution in [0.25, 0.3) is 0 Å². The topological polar surface area (TPSA) is 15.6 Å². The van der Waals surface area contributed by atoms with Crippen LogP contribution in [0.4, 0.5) is 13.2 Å². The molecule has 0 fully saturated rings. The Morgan fingerprint density at radius 3 is 2.44 bits per heavy atom. The SMILES string of the molecule is CCN(CC)C1=NC=CC=C(C(F)(F)F)C1. The van der Waals surface area contributed by atoms with Gasteiger partial charge in [-0.1, -0.05) is 6.08 Å². The number of hydrogen-bond acceptors (Lipinski definition) is 2. The highest BCUT2D eigenvalue weighted by molar-refractivity contribution is 5.85. The van der Waals surface area contributed by atoms with E-state index in [-0.39, 0.29) is 6.42 Å². The van der Waals surface area contributed by atoms with E-state index in [1.54, 1.807) is 0 Å². The van der Waals surface area contributed by atoms with Gasteiger partial charge in [-0.15, -0.1) is 0 Å². The Morgan fingerprint density at radius 1 is 1.31 bits per heavy atom. The third-order valence-corrected chi connectivity index (χ3v) is 2.45. The van der Waals surface area contributed by atoms with Crippen molar-refractivity contribution >= 4 is 5.84 Å². The molecule has 1 aliphatic rings. The number of rotatable bonds is 2. The fraction of sp³-hybridized carbons (Fsp3) is 0.545. The lowest BCUT2D eigenvalue weighted by atomic mass is 10.1. The number of alkyl halides is 3. The second-order valence-electron chi connectivity index (χ2n) is 3.43. The minimum Gasteiger partial charge on any atom is -0.360 e. The van der Waals surface area contributed by atoms with Crippen LogP contribution in [0.15, 0.2) is 28.9 Å². The molecule has 0 aromatic carbocycles. The maximum absolute atomic E-state index is 12.6. The fourth-order valence-corrected chi connectivity index (χ4v) is 1.54. The molecule has 0 aromatic rings. The molecule has 0 aromatic heterocycles. The standard InChI is InChI=1S/C11H15F3N2/c1-3-16(4-2)10-8-9(11(12,13)14)6-5-7-15-10/h5-7H,3-4,8H2,1-2H3. The van der Waals surface area contributed by atoms with Crippen LogP contribution in [0.5, 0.6) is 0 Å². The molecule has 1 aliphatic heterocycles. The lowest BCUT2D eigenvalue weighted by molar-refractivity contribution is -0.0926. The van der Waals surface area contributed by atoms with E-state index in [0.29, 0.717) is 18.9 Å². The zero-order valence-corrected chi connectivity index (χ0v) is 9.38. The predicted octanol–water partition coefficient (Wildman–Crippen LogP) is 3.13. The maximum atomic E-state index is 12.6. The lowest BCUT2D eigenvalue weighted by Gasteiger charge is -2.23. The Balaban J connectivity index is 2.89. The summed E-state index contributed by atoms with van der Waals surface area (Å²) in [6.07, 6.45) is -0.605. The molecule has 0 unspecified atom stereocenters. The van der Waals surface area contributed by atoms with Gasteiger partial charge in [0, 0.05) is 31.3 Å². The lowest BCUT2D eigenvalue weighted by Crippen LogP contribution is -2.32. The van der Waals surface area contributed by atoms with E-state index < -0.39 is 11.7 Å². The van der Waals surface area contributed by atoms with Crippen molar-refractivity contribution < 1.29 is 13.2 Å². The van der Waals surface area contributed by atoms with Gasteiger partial charge in [-0.05, 0) is 19.9 Å². The van der Waals surface area contributed by atoms with Crippen molar-refractivity contribution in [3.8, 4) is 0 Å². The average molecular weight is 232 g/mol. The number of halogens is 3. The van der Waals surface area contributed by atoms with Crippen LogP contribution in [0.3, 0.4) is 0 Å². The van der Waals surface area contributed by atoms with E-state index in [4.69, 9.17) is 0 Å². The Hall–Kier alpha value is -1.26. The summed E-state index contributed by atoms with van der Waals surface area (Å²) >= 11 is 0. The molecule has 0 saturated carbocycles. The van der Waals surface area contributed by atoms with Gasteiger partial charge in [0.1, 0.15) is 5.84 Å². The molecule has 1 rings (SSSR count). The molecule has 0 spiro atoms. The van der Waals surface area contributed by atoms with Crippen LogP contribution in [-0.2, 0) is 0 Å². The smallest absolute Gasteiger partial charge is 0.360 e. The van der Waals surface area contributed by atoms with Gasteiger partial charge in [0.25, 0.3) is 0 Å². The van der Waals surface area contributed by atoms with E-state index in [9.17, 15) is 13.2 Å².